The van der Waals surface area contributed by atoms with Gasteiger partial charge in [0.05, 0.1) is 5.56 Å². The smallest absolute Gasteiger partial charge is 0.197 e. The fraction of sp³-hybridized carbons (Fsp3) is 0.205. The number of hydrogen-bond acceptors (Lipinski definition) is 6. The summed E-state index contributed by atoms with van der Waals surface area (Å²) in [5.41, 5.74) is 5.59. The van der Waals surface area contributed by atoms with Crippen LogP contribution in [0.2, 0.25) is 0 Å². The summed E-state index contributed by atoms with van der Waals surface area (Å²) in [6, 6.07) is 36.2. The highest BCUT2D eigenvalue weighted by atomic mass is 16.5. The van der Waals surface area contributed by atoms with Crippen molar-refractivity contribution in [3.8, 4) is 23.0 Å². The Labute approximate surface area is 263 Å². The number of aromatic hydroxyl groups is 3. The van der Waals surface area contributed by atoms with Crippen molar-refractivity contribution < 1.29 is 24.9 Å². The van der Waals surface area contributed by atoms with Gasteiger partial charge in [-0.3, -0.25) is 9.69 Å². The molecule has 6 nitrogen and oxygen atoms in total. The van der Waals surface area contributed by atoms with Crippen LogP contribution in [0.3, 0.4) is 0 Å². The molecule has 6 heteroatoms. The van der Waals surface area contributed by atoms with Crippen molar-refractivity contribution >= 4 is 5.78 Å². The lowest BCUT2D eigenvalue weighted by molar-refractivity contribution is 0.103. The Morgan fingerprint density at radius 3 is 1.98 bits per heavy atom. The van der Waals surface area contributed by atoms with Crippen LogP contribution in [0.25, 0.3) is 0 Å². The zero-order chi connectivity index (χ0) is 31.2. The topological polar surface area (TPSA) is 90.2 Å². The Morgan fingerprint density at radius 2 is 1.36 bits per heavy atom. The molecule has 0 spiro atoms. The average Bonchev–Trinajstić information content (AvgIpc) is 3.06. The first kappa shape index (κ1) is 30.0. The molecule has 1 aliphatic carbocycles. The van der Waals surface area contributed by atoms with Crippen molar-refractivity contribution in [3.63, 3.8) is 0 Å². The van der Waals surface area contributed by atoms with E-state index in [1.165, 1.54) is 17.2 Å². The molecule has 0 amide bonds. The molecule has 0 radical (unpaired) electrons. The third-order valence-electron chi connectivity index (χ3n) is 8.58. The third kappa shape index (κ3) is 7.19. The van der Waals surface area contributed by atoms with Crippen LogP contribution in [-0.4, -0.2) is 39.2 Å². The van der Waals surface area contributed by atoms with Crippen LogP contribution in [0, 0.1) is 0 Å². The summed E-state index contributed by atoms with van der Waals surface area (Å²) in [6.07, 6.45) is 1.89. The molecule has 3 N–H and O–H groups in total. The fourth-order valence-corrected chi connectivity index (χ4v) is 6.24. The number of ketones is 1. The normalized spacial score (nSPS) is 14.2. The minimum atomic E-state index is -0.293. The molecular weight excluding hydrogens is 562 g/mol. The van der Waals surface area contributed by atoms with Gasteiger partial charge >= 0.3 is 0 Å². The average molecular weight is 600 g/mol. The molecule has 5 aromatic rings. The molecule has 1 unspecified atom stereocenters. The lowest BCUT2D eigenvalue weighted by Crippen LogP contribution is -2.27. The van der Waals surface area contributed by atoms with Crippen LogP contribution in [0.15, 0.2) is 115 Å². The largest absolute Gasteiger partial charge is 0.508 e. The van der Waals surface area contributed by atoms with Crippen LogP contribution >= 0.6 is 0 Å². The molecule has 0 saturated heterocycles. The second kappa shape index (κ2) is 13.7. The standard InChI is InChI=1S/C39H37NO5/c41-32-16-11-29(12-17-32)31-15-20-34-35(23-31)38(37(43)24-36(34)42)39(44)30-13-18-33(19-14-30)45-22-21-40(25-27-7-3-1-4-8-27)26-28-9-5-2-6-10-28/h1-14,16-19,24,31,41-43H,15,20-23,25-26H2. The highest BCUT2D eigenvalue weighted by Gasteiger charge is 2.30. The Bertz CT molecular complexity index is 1690. The van der Waals surface area contributed by atoms with Gasteiger partial charge in [0, 0.05) is 31.3 Å². The number of phenols is 3. The summed E-state index contributed by atoms with van der Waals surface area (Å²) in [6.45, 7) is 2.82. The lowest BCUT2D eigenvalue weighted by Gasteiger charge is -2.28. The van der Waals surface area contributed by atoms with E-state index in [9.17, 15) is 20.1 Å². The number of benzene rings is 5. The molecular formula is C39H37NO5. The maximum absolute atomic E-state index is 13.8. The van der Waals surface area contributed by atoms with Gasteiger partial charge in [0.15, 0.2) is 5.78 Å². The van der Waals surface area contributed by atoms with Crippen LogP contribution in [0.1, 0.15) is 56.1 Å². The molecule has 45 heavy (non-hydrogen) atoms. The molecule has 6 rings (SSSR count). The van der Waals surface area contributed by atoms with Gasteiger partial charge in [-0.2, -0.15) is 0 Å². The van der Waals surface area contributed by atoms with E-state index in [1.54, 1.807) is 36.4 Å². The zero-order valence-corrected chi connectivity index (χ0v) is 25.1. The molecule has 0 bridgehead atoms. The second-order valence-electron chi connectivity index (χ2n) is 11.7. The van der Waals surface area contributed by atoms with E-state index in [0.717, 1.165) is 31.6 Å². The van der Waals surface area contributed by atoms with Crippen molar-refractivity contribution in [1.29, 1.82) is 0 Å². The monoisotopic (exact) mass is 599 g/mol. The van der Waals surface area contributed by atoms with E-state index in [2.05, 4.69) is 53.4 Å². The first-order chi connectivity index (χ1) is 21.9. The highest BCUT2D eigenvalue weighted by molar-refractivity contribution is 6.12. The van der Waals surface area contributed by atoms with E-state index in [-0.39, 0.29) is 34.5 Å². The van der Waals surface area contributed by atoms with Crippen LogP contribution in [0.5, 0.6) is 23.0 Å². The van der Waals surface area contributed by atoms with Crippen molar-refractivity contribution in [2.45, 2.75) is 38.3 Å². The third-order valence-corrected chi connectivity index (χ3v) is 8.58. The Morgan fingerprint density at radius 1 is 0.733 bits per heavy atom. The molecule has 0 aliphatic heterocycles. The number of hydrogen-bond donors (Lipinski definition) is 3. The van der Waals surface area contributed by atoms with Gasteiger partial charge in [-0.25, -0.2) is 0 Å². The van der Waals surface area contributed by atoms with Crippen molar-refractivity contribution in [2.24, 2.45) is 0 Å². The number of fused-ring (bicyclic) bond motifs is 1. The summed E-state index contributed by atoms with van der Waals surface area (Å²) in [5, 5.41) is 31.2. The summed E-state index contributed by atoms with van der Waals surface area (Å²) in [7, 11) is 0. The Hall–Kier alpha value is -5.07. The van der Waals surface area contributed by atoms with E-state index < -0.39 is 0 Å². The maximum atomic E-state index is 13.8. The van der Waals surface area contributed by atoms with E-state index >= 15 is 0 Å². The molecule has 228 valence electrons. The van der Waals surface area contributed by atoms with E-state index in [0.29, 0.717) is 41.9 Å². The number of carbonyl (C=O) groups excluding carboxylic acids is 1. The van der Waals surface area contributed by atoms with Crippen LogP contribution in [0.4, 0.5) is 0 Å². The molecule has 1 atom stereocenters. The van der Waals surface area contributed by atoms with Crippen molar-refractivity contribution in [3.05, 3.63) is 154 Å². The first-order valence-corrected chi connectivity index (χ1v) is 15.4. The number of rotatable bonds is 11. The van der Waals surface area contributed by atoms with Crippen LogP contribution in [-0.2, 0) is 25.9 Å². The summed E-state index contributed by atoms with van der Waals surface area (Å²) >= 11 is 0. The van der Waals surface area contributed by atoms with Crippen molar-refractivity contribution in [2.75, 3.05) is 13.2 Å². The minimum Gasteiger partial charge on any atom is -0.508 e. The molecule has 0 saturated carbocycles. The number of carbonyl (C=O) groups is 1. The van der Waals surface area contributed by atoms with Gasteiger partial charge in [-0.15, -0.1) is 0 Å². The van der Waals surface area contributed by atoms with Gasteiger partial charge in [-0.05, 0) is 89.4 Å². The minimum absolute atomic E-state index is 0.0144. The fourth-order valence-electron chi connectivity index (χ4n) is 6.24. The van der Waals surface area contributed by atoms with Gasteiger partial charge in [0.2, 0.25) is 0 Å². The molecule has 1 aliphatic rings. The number of phenolic OH excluding ortho intramolecular Hbond substituents is 3. The SMILES string of the molecule is O=C(c1ccc(OCCN(Cc2ccccc2)Cc2ccccc2)cc1)c1c(O)cc(O)c2c1CC(c1ccc(O)cc1)CC2. The van der Waals surface area contributed by atoms with Crippen molar-refractivity contribution in [1.82, 2.24) is 4.90 Å². The highest BCUT2D eigenvalue weighted by Crippen LogP contribution is 2.42. The Kier molecular flexibility index (Phi) is 9.13. The number of ether oxygens (including phenoxy) is 1. The van der Waals surface area contributed by atoms with Gasteiger partial charge < -0.3 is 20.1 Å². The quantitative estimate of drug-likeness (QED) is 0.137. The summed E-state index contributed by atoms with van der Waals surface area (Å²) in [5.74, 6) is 0.462. The van der Waals surface area contributed by atoms with Gasteiger partial charge in [0.25, 0.3) is 0 Å². The number of nitrogens with zero attached hydrogens (tertiary/aromatic N) is 1. The van der Waals surface area contributed by atoms with Gasteiger partial charge in [-0.1, -0.05) is 72.8 Å². The molecule has 0 fully saturated rings. The second-order valence-corrected chi connectivity index (χ2v) is 11.7. The zero-order valence-electron chi connectivity index (χ0n) is 25.1. The van der Waals surface area contributed by atoms with E-state index in [1.807, 2.05) is 24.3 Å². The maximum Gasteiger partial charge on any atom is 0.197 e. The van der Waals surface area contributed by atoms with Gasteiger partial charge in [0.1, 0.15) is 29.6 Å². The summed E-state index contributed by atoms with van der Waals surface area (Å²) < 4.78 is 6.10. The lowest BCUT2D eigenvalue weighted by atomic mass is 9.77. The predicted octanol–water partition coefficient (Wildman–Crippen LogP) is 7.39. The predicted molar refractivity (Wildman–Crippen MR) is 175 cm³/mol. The summed E-state index contributed by atoms with van der Waals surface area (Å²) in [4.78, 5) is 16.1. The molecule has 0 heterocycles. The van der Waals surface area contributed by atoms with Crippen LogP contribution < -0.4 is 4.74 Å². The van der Waals surface area contributed by atoms with E-state index in [4.69, 9.17) is 4.74 Å². The molecule has 5 aromatic carbocycles. The Balaban J connectivity index is 1.14. The molecule has 0 aromatic heterocycles. The first-order valence-electron chi connectivity index (χ1n) is 15.4.